The highest BCUT2D eigenvalue weighted by atomic mass is 16.1. The van der Waals surface area contributed by atoms with Gasteiger partial charge in [-0.05, 0) is 30.2 Å². The Balaban J connectivity index is 2.31. The SMILES string of the molecule is CCC(Nc1ccc(N)cc1C(N)=O)c1ccccc1. The van der Waals surface area contributed by atoms with Crippen LogP contribution in [0.15, 0.2) is 48.5 Å². The molecule has 0 aromatic heterocycles. The molecule has 0 radical (unpaired) electrons. The van der Waals surface area contributed by atoms with E-state index in [4.69, 9.17) is 11.5 Å². The number of carbonyl (C=O) groups is 1. The minimum atomic E-state index is -0.484. The molecule has 4 heteroatoms. The Morgan fingerprint density at radius 3 is 2.50 bits per heavy atom. The maximum Gasteiger partial charge on any atom is 0.250 e. The van der Waals surface area contributed by atoms with Gasteiger partial charge in [-0.2, -0.15) is 0 Å². The second-order valence-electron chi connectivity index (χ2n) is 4.69. The number of nitrogens with two attached hydrogens (primary N) is 2. The van der Waals surface area contributed by atoms with Crippen LogP contribution >= 0.6 is 0 Å². The molecular formula is C16H19N3O. The Bertz CT molecular complexity index is 596. The van der Waals surface area contributed by atoms with Crippen LogP contribution in [-0.4, -0.2) is 5.91 Å². The van der Waals surface area contributed by atoms with E-state index in [-0.39, 0.29) is 6.04 Å². The maximum atomic E-state index is 11.5. The maximum absolute atomic E-state index is 11.5. The largest absolute Gasteiger partial charge is 0.399 e. The molecule has 5 N–H and O–H groups in total. The molecule has 2 aromatic rings. The summed E-state index contributed by atoms with van der Waals surface area (Å²) in [6.07, 6.45) is 0.895. The number of hydrogen-bond acceptors (Lipinski definition) is 3. The summed E-state index contributed by atoms with van der Waals surface area (Å²) in [6, 6.07) is 15.4. The molecular weight excluding hydrogens is 250 g/mol. The van der Waals surface area contributed by atoms with Crippen molar-refractivity contribution in [1.82, 2.24) is 0 Å². The van der Waals surface area contributed by atoms with Crippen molar-refractivity contribution in [2.75, 3.05) is 11.1 Å². The van der Waals surface area contributed by atoms with Gasteiger partial charge in [-0.15, -0.1) is 0 Å². The van der Waals surface area contributed by atoms with Crippen molar-refractivity contribution < 1.29 is 4.79 Å². The molecule has 0 bridgehead atoms. The normalized spacial score (nSPS) is 11.8. The molecule has 104 valence electrons. The fourth-order valence-corrected chi connectivity index (χ4v) is 2.19. The molecule has 0 aliphatic heterocycles. The molecule has 1 atom stereocenters. The van der Waals surface area contributed by atoms with Crippen LogP contribution in [0.25, 0.3) is 0 Å². The fourth-order valence-electron chi connectivity index (χ4n) is 2.19. The zero-order chi connectivity index (χ0) is 14.5. The van der Waals surface area contributed by atoms with E-state index in [9.17, 15) is 4.79 Å². The summed E-state index contributed by atoms with van der Waals surface area (Å²) in [4.78, 5) is 11.5. The molecule has 2 aromatic carbocycles. The number of nitrogen functional groups attached to an aromatic ring is 1. The van der Waals surface area contributed by atoms with Crippen LogP contribution in [0.3, 0.4) is 0 Å². The van der Waals surface area contributed by atoms with Crippen LogP contribution in [0.4, 0.5) is 11.4 Å². The van der Waals surface area contributed by atoms with Crippen molar-refractivity contribution >= 4 is 17.3 Å². The van der Waals surface area contributed by atoms with Crippen molar-refractivity contribution in [2.45, 2.75) is 19.4 Å². The zero-order valence-electron chi connectivity index (χ0n) is 11.5. The lowest BCUT2D eigenvalue weighted by Crippen LogP contribution is -2.17. The number of rotatable bonds is 5. The molecule has 0 saturated heterocycles. The van der Waals surface area contributed by atoms with E-state index in [0.29, 0.717) is 16.9 Å². The number of primary amides is 1. The first-order chi connectivity index (χ1) is 9.61. The molecule has 0 aliphatic rings. The van der Waals surface area contributed by atoms with Gasteiger partial charge in [0.2, 0.25) is 0 Å². The van der Waals surface area contributed by atoms with Crippen LogP contribution in [0.5, 0.6) is 0 Å². The number of amides is 1. The predicted molar refractivity (Wildman–Crippen MR) is 82.5 cm³/mol. The highest BCUT2D eigenvalue weighted by Gasteiger charge is 2.13. The Kier molecular flexibility index (Phi) is 4.25. The van der Waals surface area contributed by atoms with Gasteiger partial charge in [-0.1, -0.05) is 37.3 Å². The quantitative estimate of drug-likeness (QED) is 0.730. The molecule has 1 unspecified atom stereocenters. The first kappa shape index (κ1) is 13.9. The molecule has 1 amide bonds. The minimum Gasteiger partial charge on any atom is -0.399 e. The fraction of sp³-hybridized carbons (Fsp3) is 0.188. The van der Waals surface area contributed by atoms with Gasteiger partial charge in [0.15, 0.2) is 0 Å². The van der Waals surface area contributed by atoms with Gasteiger partial charge in [0.25, 0.3) is 5.91 Å². The number of benzene rings is 2. The Morgan fingerprint density at radius 2 is 1.90 bits per heavy atom. The lowest BCUT2D eigenvalue weighted by Gasteiger charge is -2.20. The van der Waals surface area contributed by atoms with Gasteiger partial charge >= 0.3 is 0 Å². The topological polar surface area (TPSA) is 81.1 Å². The first-order valence-corrected chi connectivity index (χ1v) is 6.62. The Labute approximate surface area is 118 Å². The van der Waals surface area contributed by atoms with Crippen LogP contribution < -0.4 is 16.8 Å². The van der Waals surface area contributed by atoms with Crippen LogP contribution in [0, 0.1) is 0 Å². The van der Waals surface area contributed by atoms with Gasteiger partial charge in [0, 0.05) is 11.4 Å². The third kappa shape index (κ3) is 3.09. The molecule has 0 aliphatic carbocycles. The third-order valence-electron chi connectivity index (χ3n) is 3.25. The van der Waals surface area contributed by atoms with E-state index in [2.05, 4.69) is 24.4 Å². The van der Waals surface area contributed by atoms with Gasteiger partial charge in [-0.25, -0.2) is 0 Å². The van der Waals surface area contributed by atoms with E-state index in [0.717, 1.165) is 6.42 Å². The molecule has 2 rings (SSSR count). The summed E-state index contributed by atoms with van der Waals surface area (Å²) in [5, 5.41) is 3.37. The van der Waals surface area contributed by atoms with Crippen LogP contribution in [0.1, 0.15) is 35.3 Å². The average Bonchev–Trinajstić information content (AvgIpc) is 2.46. The first-order valence-electron chi connectivity index (χ1n) is 6.62. The van der Waals surface area contributed by atoms with Gasteiger partial charge in [0.05, 0.1) is 11.6 Å². The van der Waals surface area contributed by atoms with Gasteiger partial charge in [0.1, 0.15) is 0 Å². The van der Waals surface area contributed by atoms with Crippen molar-refractivity contribution in [1.29, 1.82) is 0 Å². The Hall–Kier alpha value is -2.49. The summed E-state index contributed by atoms with van der Waals surface area (Å²) in [5.74, 6) is -0.484. The molecule has 0 heterocycles. The molecule has 0 saturated carbocycles. The number of hydrogen-bond donors (Lipinski definition) is 3. The van der Waals surface area contributed by atoms with Crippen molar-refractivity contribution in [3.05, 3.63) is 59.7 Å². The van der Waals surface area contributed by atoms with Crippen molar-refractivity contribution in [3.63, 3.8) is 0 Å². The number of nitrogens with one attached hydrogen (secondary N) is 1. The van der Waals surface area contributed by atoms with Crippen LogP contribution in [0.2, 0.25) is 0 Å². The summed E-state index contributed by atoms with van der Waals surface area (Å²) in [6.45, 7) is 2.09. The summed E-state index contributed by atoms with van der Waals surface area (Å²) < 4.78 is 0. The highest BCUT2D eigenvalue weighted by Crippen LogP contribution is 2.26. The molecule has 20 heavy (non-hydrogen) atoms. The van der Waals surface area contributed by atoms with Crippen molar-refractivity contribution in [3.8, 4) is 0 Å². The molecule has 0 spiro atoms. The minimum absolute atomic E-state index is 0.123. The van der Waals surface area contributed by atoms with Gasteiger partial charge < -0.3 is 16.8 Å². The smallest absolute Gasteiger partial charge is 0.250 e. The van der Waals surface area contributed by atoms with E-state index >= 15 is 0 Å². The van der Waals surface area contributed by atoms with E-state index in [1.807, 2.05) is 18.2 Å². The molecule has 4 nitrogen and oxygen atoms in total. The highest BCUT2D eigenvalue weighted by molar-refractivity contribution is 5.99. The molecule has 0 fully saturated rings. The summed E-state index contributed by atoms with van der Waals surface area (Å²) in [7, 11) is 0. The van der Waals surface area contributed by atoms with Crippen molar-refractivity contribution in [2.24, 2.45) is 5.73 Å². The van der Waals surface area contributed by atoms with E-state index in [1.54, 1.807) is 18.2 Å². The zero-order valence-corrected chi connectivity index (χ0v) is 11.5. The number of carbonyl (C=O) groups excluding carboxylic acids is 1. The number of anilines is 2. The summed E-state index contributed by atoms with van der Waals surface area (Å²) in [5.41, 5.74) is 13.9. The lowest BCUT2D eigenvalue weighted by molar-refractivity contribution is 0.100. The second kappa shape index (κ2) is 6.10. The third-order valence-corrected chi connectivity index (χ3v) is 3.25. The summed E-state index contributed by atoms with van der Waals surface area (Å²) >= 11 is 0. The average molecular weight is 269 g/mol. The monoisotopic (exact) mass is 269 g/mol. The van der Waals surface area contributed by atoms with E-state index < -0.39 is 5.91 Å². The lowest BCUT2D eigenvalue weighted by atomic mass is 10.0. The van der Waals surface area contributed by atoms with Crippen LogP contribution in [-0.2, 0) is 0 Å². The predicted octanol–water partition coefficient (Wildman–Crippen LogP) is 2.93. The van der Waals surface area contributed by atoms with E-state index in [1.165, 1.54) is 5.56 Å². The standard InChI is InChI=1S/C16H19N3O/c1-2-14(11-6-4-3-5-7-11)19-15-9-8-12(17)10-13(15)16(18)20/h3-10,14,19H,2,17H2,1H3,(H2,18,20). The second-order valence-corrected chi connectivity index (χ2v) is 4.69. The Morgan fingerprint density at radius 1 is 1.20 bits per heavy atom. The van der Waals surface area contributed by atoms with Gasteiger partial charge in [-0.3, -0.25) is 4.79 Å².